The van der Waals surface area contributed by atoms with Crippen LogP contribution in [0.4, 0.5) is 5.82 Å². The van der Waals surface area contributed by atoms with Crippen molar-refractivity contribution in [2.75, 3.05) is 38.3 Å². The van der Waals surface area contributed by atoms with E-state index in [4.69, 9.17) is 19.2 Å². The fraction of sp³-hybridized carbons (Fsp3) is 0.348. The van der Waals surface area contributed by atoms with Gasteiger partial charge >= 0.3 is 0 Å². The molecule has 1 aliphatic heterocycles. The van der Waals surface area contributed by atoms with Crippen LogP contribution in [0.1, 0.15) is 17.3 Å². The second kappa shape index (κ2) is 8.74. The molecular weight excluding hydrogens is 410 g/mol. The van der Waals surface area contributed by atoms with Crippen LogP contribution in [0.3, 0.4) is 0 Å². The minimum Gasteiger partial charge on any atom is -0.379 e. The normalized spacial score (nSPS) is 14.9. The van der Waals surface area contributed by atoms with Crippen LogP contribution in [0.2, 0.25) is 0 Å². The third-order valence-electron chi connectivity index (χ3n) is 5.45. The summed E-state index contributed by atoms with van der Waals surface area (Å²) < 4.78 is 10.8. The molecule has 0 N–H and O–H groups in total. The van der Waals surface area contributed by atoms with Gasteiger partial charge in [-0.05, 0) is 12.5 Å². The van der Waals surface area contributed by atoms with E-state index < -0.39 is 0 Å². The predicted octanol–water partition coefficient (Wildman–Crippen LogP) is 4.12. The number of morpholine rings is 1. The number of aryl methyl sites for hydroxylation is 1. The van der Waals surface area contributed by atoms with E-state index in [2.05, 4.69) is 51.6 Å². The van der Waals surface area contributed by atoms with Crippen molar-refractivity contribution < 1.29 is 9.26 Å². The van der Waals surface area contributed by atoms with Gasteiger partial charge in [0.1, 0.15) is 27.9 Å². The van der Waals surface area contributed by atoms with E-state index in [9.17, 15) is 0 Å². The van der Waals surface area contributed by atoms with Crippen molar-refractivity contribution >= 4 is 27.4 Å². The Balaban J connectivity index is 1.56. The highest BCUT2D eigenvalue weighted by Crippen LogP contribution is 2.38. The summed E-state index contributed by atoms with van der Waals surface area (Å²) in [6.07, 6.45) is 0. The fourth-order valence-electron chi connectivity index (χ4n) is 3.91. The lowest BCUT2D eigenvalue weighted by atomic mass is 10.1. The highest BCUT2D eigenvalue weighted by atomic mass is 32.1. The first-order valence-electron chi connectivity index (χ1n) is 10.4. The quantitative estimate of drug-likeness (QED) is 0.451. The molecule has 3 aromatic heterocycles. The Morgan fingerprint density at radius 3 is 2.68 bits per heavy atom. The summed E-state index contributed by atoms with van der Waals surface area (Å²) in [4.78, 5) is 15.5. The number of hydrogen-bond donors (Lipinski definition) is 0. The molecule has 0 spiro atoms. The van der Waals surface area contributed by atoms with E-state index >= 15 is 0 Å². The molecule has 1 saturated heterocycles. The van der Waals surface area contributed by atoms with Gasteiger partial charge in [0, 0.05) is 37.1 Å². The van der Waals surface area contributed by atoms with Crippen molar-refractivity contribution in [1.29, 1.82) is 0 Å². The molecule has 8 heteroatoms. The number of aromatic nitrogens is 3. The molecule has 1 aliphatic rings. The molecule has 0 atom stereocenters. The Morgan fingerprint density at radius 1 is 1.13 bits per heavy atom. The van der Waals surface area contributed by atoms with Crippen molar-refractivity contribution in [1.82, 2.24) is 20.0 Å². The Hall–Kier alpha value is -2.81. The highest BCUT2D eigenvalue weighted by Gasteiger charge is 2.20. The lowest BCUT2D eigenvalue weighted by molar-refractivity contribution is 0.0331. The van der Waals surface area contributed by atoms with E-state index in [1.165, 1.54) is 5.56 Å². The molecule has 31 heavy (non-hydrogen) atoms. The van der Waals surface area contributed by atoms with E-state index in [0.717, 1.165) is 71.7 Å². The summed E-state index contributed by atoms with van der Waals surface area (Å²) in [7, 11) is 2.05. The summed E-state index contributed by atoms with van der Waals surface area (Å²) in [5.41, 5.74) is 3.22. The molecule has 0 radical (unpaired) electrons. The third-order valence-corrected chi connectivity index (χ3v) is 6.32. The van der Waals surface area contributed by atoms with Gasteiger partial charge in [-0.2, -0.15) is 0 Å². The summed E-state index contributed by atoms with van der Waals surface area (Å²) in [6.45, 7) is 6.59. The van der Waals surface area contributed by atoms with Crippen LogP contribution in [0.5, 0.6) is 0 Å². The minimum atomic E-state index is 0.616. The summed E-state index contributed by atoms with van der Waals surface area (Å²) >= 11 is 1.67. The van der Waals surface area contributed by atoms with Gasteiger partial charge in [0.15, 0.2) is 0 Å². The van der Waals surface area contributed by atoms with Gasteiger partial charge in [-0.15, -0.1) is 11.3 Å². The van der Waals surface area contributed by atoms with Gasteiger partial charge < -0.3 is 14.2 Å². The maximum absolute atomic E-state index is 5.49. The fourth-order valence-corrected chi connectivity index (χ4v) is 4.87. The molecular formula is C23H25N5O2S. The van der Waals surface area contributed by atoms with E-state index in [-0.39, 0.29) is 0 Å². The zero-order valence-corrected chi connectivity index (χ0v) is 18.6. The van der Waals surface area contributed by atoms with Crippen molar-refractivity contribution in [2.24, 2.45) is 0 Å². The number of nitrogens with zero attached hydrogens (tertiary/aromatic N) is 5. The van der Waals surface area contributed by atoms with Crippen molar-refractivity contribution in [3.05, 3.63) is 59.1 Å². The number of fused-ring (bicyclic) bond motifs is 1. The lowest BCUT2D eigenvalue weighted by Gasteiger charge is -2.26. The second-order valence-corrected chi connectivity index (χ2v) is 8.69. The molecule has 0 amide bonds. The zero-order chi connectivity index (χ0) is 21.2. The number of rotatable bonds is 6. The van der Waals surface area contributed by atoms with Gasteiger partial charge in [0.25, 0.3) is 0 Å². The van der Waals surface area contributed by atoms with Crippen LogP contribution < -0.4 is 4.90 Å². The van der Waals surface area contributed by atoms with E-state index in [1.807, 2.05) is 19.1 Å². The maximum Gasteiger partial charge on any atom is 0.146 e. The number of thiophene rings is 1. The molecule has 0 bridgehead atoms. The van der Waals surface area contributed by atoms with Gasteiger partial charge in [0.05, 0.1) is 31.7 Å². The molecule has 4 heterocycles. The van der Waals surface area contributed by atoms with Gasteiger partial charge in [-0.25, -0.2) is 9.97 Å². The molecule has 160 valence electrons. The number of anilines is 1. The lowest BCUT2D eigenvalue weighted by Crippen LogP contribution is -2.36. The first kappa shape index (κ1) is 20.1. The Bertz CT molecular complexity index is 1170. The van der Waals surface area contributed by atoms with E-state index in [1.54, 1.807) is 11.3 Å². The van der Waals surface area contributed by atoms with Crippen molar-refractivity contribution in [2.45, 2.75) is 20.0 Å². The monoisotopic (exact) mass is 435 g/mol. The molecule has 0 aliphatic carbocycles. The topological polar surface area (TPSA) is 67.5 Å². The largest absolute Gasteiger partial charge is 0.379 e. The summed E-state index contributed by atoms with van der Waals surface area (Å²) in [5.74, 6) is 2.58. The molecule has 1 fully saturated rings. The van der Waals surface area contributed by atoms with Gasteiger partial charge in [-0.1, -0.05) is 35.5 Å². The van der Waals surface area contributed by atoms with Crippen LogP contribution in [0.15, 0.2) is 46.3 Å². The Labute approximate surface area is 185 Å². The zero-order valence-electron chi connectivity index (χ0n) is 17.7. The molecule has 0 saturated carbocycles. The van der Waals surface area contributed by atoms with Crippen LogP contribution >= 0.6 is 11.3 Å². The standard InChI is InChI=1S/C23H25N5O2S/c1-16-12-18(26-30-16)13-27(2)22-21-19(17-6-4-3-5-7-17)15-31-23(21)25-20(24-22)14-28-8-10-29-11-9-28/h3-7,12,15H,8-11,13-14H2,1-2H3. The molecule has 0 unspecified atom stereocenters. The SMILES string of the molecule is Cc1cc(CN(C)c2nc(CN3CCOCC3)nc3scc(-c4ccccc4)c23)no1. The molecule has 1 aromatic carbocycles. The first-order valence-corrected chi connectivity index (χ1v) is 11.3. The van der Waals surface area contributed by atoms with Gasteiger partial charge in [0.2, 0.25) is 0 Å². The van der Waals surface area contributed by atoms with Crippen LogP contribution in [-0.2, 0) is 17.8 Å². The average Bonchev–Trinajstić information content (AvgIpc) is 3.40. The number of ether oxygens (including phenoxy) is 1. The molecule has 7 nitrogen and oxygen atoms in total. The molecule has 5 rings (SSSR count). The van der Waals surface area contributed by atoms with Crippen molar-refractivity contribution in [3.8, 4) is 11.1 Å². The molecule has 4 aromatic rings. The highest BCUT2D eigenvalue weighted by molar-refractivity contribution is 7.17. The van der Waals surface area contributed by atoms with E-state index in [0.29, 0.717) is 6.54 Å². The second-order valence-electron chi connectivity index (χ2n) is 7.83. The first-order chi connectivity index (χ1) is 15.2. The van der Waals surface area contributed by atoms with Crippen LogP contribution in [-0.4, -0.2) is 53.4 Å². The smallest absolute Gasteiger partial charge is 0.146 e. The van der Waals surface area contributed by atoms with Crippen molar-refractivity contribution in [3.63, 3.8) is 0 Å². The van der Waals surface area contributed by atoms with Crippen LogP contribution in [0, 0.1) is 6.92 Å². The number of benzene rings is 1. The minimum absolute atomic E-state index is 0.616. The summed E-state index contributed by atoms with van der Waals surface area (Å²) in [5, 5.41) is 7.44. The third kappa shape index (κ3) is 4.32. The Morgan fingerprint density at radius 2 is 1.94 bits per heavy atom. The number of hydrogen-bond acceptors (Lipinski definition) is 8. The Kier molecular flexibility index (Phi) is 5.67. The average molecular weight is 436 g/mol. The summed E-state index contributed by atoms with van der Waals surface area (Å²) in [6, 6.07) is 12.4. The van der Waals surface area contributed by atoms with Crippen LogP contribution in [0.25, 0.3) is 21.3 Å². The van der Waals surface area contributed by atoms with Gasteiger partial charge in [-0.3, -0.25) is 4.90 Å². The predicted molar refractivity (Wildman–Crippen MR) is 122 cm³/mol. The maximum atomic E-state index is 5.49.